The fourth-order valence-electron chi connectivity index (χ4n) is 1.68. The molecule has 1 aromatic rings. The molecular formula is C13H18F3N3O. The summed E-state index contributed by atoms with van der Waals surface area (Å²) in [7, 11) is 1.52. The van der Waals surface area contributed by atoms with E-state index in [2.05, 4.69) is 5.32 Å². The molecule has 3 N–H and O–H groups in total. The molecule has 0 aliphatic heterocycles. The summed E-state index contributed by atoms with van der Waals surface area (Å²) < 4.78 is 38.4. The van der Waals surface area contributed by atoms with Crippen LogP contribution in [0.2, 0.25) is 0 Å². The van der Waals surface area contributed by atoms with Crippen molar-refractivity contribution in [3.63, 3.8) is 0 Å². The Morgan fingerprint density at radius 3 is 2.55 bits per heavy atom. The lowest BCUT2D eigenvalue weighted by Gasteiger charge is -2.25. The molecule has 1 rings (SSSR count). The number of nitrogens with zero attached hydrogens (tertiary/aromatic N) is 1. The first-order valence-electron chi connectivity index (χ1n) is 6.17. The number of para-hydroxylation sites is 1. The van der Waals surface area contributed by atoms with Crippen LogP contribution in [0.1, 0.15) is 18.9 Å². The second-order valence-corrected chi connectivity index (χ2v) is 4.51. The van der Waals surface area contributed by atoms with Gasteiger partial charge in [0.2, 0.25) is 0 Å². The van der Waals surface area contributed by atoms with Gasteiger partial charge in [-0.25, -0.2) is 4.79 Å². The first-order chi connectivity index (χ1) is 9.27. The molecule has 0 fully saturated rings. The van der Waals surface area contributed by atoms with Crippen LogP contribution in [-0.4, -0.2) is 30.6 Å². The van der Waals surface area contributed by atoms with E-state index in [0.29, 0.717) is 13.0 Å². The number of anilines is 1. The molecular weight excluding hydrogens is 271 g/mol. The lowest BCUT2D eigenvalue weighted by Crippen LogP contribution is -2.39. The zero-order chi connectivity index (χ0) is 15.3. The number of carbonyl (C=O) groups excluding carboxylic acids is 1. The van der Waals surface area contributed by atoms with Crippen LogP contribution >= 0.6 is 0 Å². The molecule has 0 bridgehead atoms. The van der Waals surface area contributed by atoms with E-state index in [-0.39, 0.29) is 11.7 Å². The average molecular weight is 289 g/mol. The SMILES string of the molecule is CC(CCN)N(C)C(=O)Nc1ccccc1C(F)(F)F. The lowest BCUT2D eigenvalue weighted by atomic mass is 10.1. The number of benzene rings is 1. The summed E-state index contributed by atoms with van der Waals surface area (Å²) in [5, 5.41) is 2.28. The minimum absolute atomic E-state index is 0.155. The number of nitrogens with one attached hydrogen (secondary N) is 1. The molecule has 1 aromatic carbocycles. The summed E-state index contributed by atoms with van der Waals surface area (Å²) in [6, 6.07) is 4.12. The monoisotopic (exact) mass is 289 g/mol. The van der Waals surface area contributed by atoms with Gasteiger partial charge < -0.3 is 16.0 Å². The summed E-state index contributed by atoms with van der Waals surface area (Å²) in [6.07, 6.45) is -3.93. The smallest absolute Gasteiger partial charge is 0.330 e. The van der Waals surface area contributed by atoms with Crippen LogP contribution in [0.5, 0.6) is 0 Å². The summed E-state index contributed by atoms with van der Waals surface area (Å²) in [4.78, 5) is 13.2. The summed E-state index contributed by atoms with van der Waals surface area (Å²) in [5.74, 6) is 0. The Morgan fingerprint density at radius 2 is 2.00 bits per heavy atom. The average Bonchev–Trinajstić information content (AvgIpc) is 2.37. The molecule has 0 saturated carbocycles. The van der Waals surface area contributed by atoms with Gasteiger partial charge in [-0.15, -0.1) is 0 Å². The molecule has 1 atom stereocenters. The summed E-state index contributed by atoms with van der Waals surface area (Å²) in [6.45, 7) is 2.18. The third-order valence-electron chi connectivity index (χ3n) is 3.04. The van der Waals surface area contributed by atoms with E-state index in [4.69, 9.17) is 5.73 Å². The van der Waals surface area contributed by atoms with Crippen molar-refractivity contribution in [3.05, 3.63) is 29.8 Å². The molecule has 0 heterocycles. The Balaban J connectivity index is 2.86. The topological polar surface area (TPSA) is 58.4 Å². The van der Waals surface area contributed by atoms with Crippen LogP contribution in [0, 0.1) is 0 Å². The molecule has 7 heteroatoms. The van der Waals surface area contributed by atoms with Crippen molar-refractivity contribution < 1.29 is 18.0 Å². The highest BCUT2D eigenvalue weighted by Gasteiger charge is 2.33. The van der Waals surface area contributed by atoms with Crippen molar-refractivity contribution in [2.24, 2.45) is 5.73 Å². The molecule has 1 unspecified atom stereocenters. The second kappa shape index (κ2) is 6.60. The van der Waals surface area contributed by atoms with Crippen LogP contribution in [0.3, 0.4) is 0 Å². The van der Waals surface area contributed by atoms with Crippen molar-refractivity contribution in [2.75, 3.05) is 18.9 Å². The highest BCUT2D eigenvalue weighted by molar-refractivity contribution is 5.90. The van der Waals surface area contributed by atoms with Gasteiger partial charge in [0.25, 0.3) is 0 Å². The quantitative estimate of drug-likeness (QED) is 0.895. The van der Waals surface area contributed by atoms with Crippen LogP contribution in [0.25, 0.3) is 0 Å². The molecule has 112 valence electrons. The van der Waals surface area contributed by atoms with Gasteiger partial charge in [0.1, 0.15) is 0 Å². The molecule has 0 aromatic heterocycles. The Morgan fingerprint density at radius 1 is 1.40 bits per heavy atom. The minimum Gasteiger partial charge on any atom is -0.330 e. The van der Waals surface area contributed by atoms with E-state index in [1.807, 2.05) is 0 Å². The Kier molecular flexibility index (Phi) is 5.38. The number of halogens is 3. The van der Waals surface area contributed by atoms with Crippen LogP contribution in [0.4, 0.5) is 23.7 Å². The number of hydrogen-bond donors (Lipinski definition) is 2. The summed E-state index contributed by atoms with van der Waals surface area (Å²) >= 11 is 0. The van der Waals surface area contributed by atoms with E-state index in [1.54, 1.807) is 6.92 Å². The van der Waals surface area contributed by atoms with Crippen LogP contribution < -0.4 is 11.1 Å². The third kappa shape index (κ3) is 4.12. The summed E-state index contributed by atoms with van der Waals surface area (Å²) in [5.41, 5.74) is 4.27. The van der Waals surface area contributed by atoms with Crippen LogP contribution in [-0.2, 0) is 6.18 Å². The van der Waals surface area contributed by atoms with Crippen molar-refractivity contribution in [1.29, 1.82) is 0 Å². The maximum atomic E-state index is 12.8. The zero-order valence-corrected chi connectivity index (χ0v) is 11.4. The number of carbonyl (C=O) groups is 1. The van der Waals surface area contributed by atoms with Gasteiger partial charge in [0.05, 0.1) is 11.3 Å². The zero-order valence-electron chi connectivity index (χ0n) is 11.4. The van der Waals surface area contributed by atoms with E-state index in [9.17, 15) is 18.0 Å². The molecule has 0 saturated heterocycles. The number of urea groups is 1. The van der Waals surface area contributed by atoms with E-state index < -0.39 is 17.8 Å². The number of nitrogens with two attached hydrogens (primary N) is 1. The molecule has 0 radical (unpaired) electrons. The first-order valence-corrected chi connectivity index (χ1v) is 6.17. The van der Waals surface area contributed by atoms with Gasteiger partial charge >= 0.3 is 12.2 Å². The van der Waals surface area contributed by atoms with Gasteiger partial charge in [-0.3, -0.25) is 0 Å². The molecule has 4 nitrogen and oxygen atoms in total. The first kappa shape index (κ1) is 16.3. The maximum Gasteiger partial charge on any atom is 0.418 e. The maximum absolute atomic E-state index is 12.8. The Bertz CT molecular complexity index is 462. The predicted octanol–water partition coefficient (Wildman–Crippen LogP) is 2.91. The molecule has 2 amide bonds. The van der Waals surface area contributed by atoms with Crippen molar-refractivity contribution in [1.82, 2.24) is 4.90 Å². The molecule has 0 spiro atoms. The Labute approximate surface area is 115 Å². The van der Waals surface area contributed by atoms with Gasteiger partial charge in [-0.05, 0) is 32.0 Å². The van der Waals surface area contributed by atoms with Gasteiger partial charge in [0.15, 0.2) is 0 Å². The fraction of sp³-hybridized carbons (Fsp3) is 0.462. The minimum atomic E-state index is -4.51. The second-order valence-electron chi connectivity index (χ2n) is 4.51. The van der Waals surface area contributed by atoms with E-state index >= 15 is 0 Å². The van der Waals surface area contributed by atoms with Crippen molar-refractivity contribution >= 4 is 11.7 Å². The number of amides is 2. The van der Waals surface area contributed by atoms with Crippen LogP contribution in [0.15, 0.2) is 24.3 Å². The van der Waals surface area contributed by atoms with E-state index in [1.165, 1.54) is 30.1 Å². The van der Waals surface area contributed by atoms with Crippen molar-refractivity contribution in [2.45, 2.75) is 25.6 Å². The van der Waals surface area contributed by atoms with Gasteiger partial charge in [-0.1, -0.05) is 12.1 Å². The lowest BCUT2D eigenvalue weighted by molar-refractivity contribution is -0.136. The van der Waals surface area contributed by atoms with Crippen molar-refractivity contribution in [3.8, 4) is 0 Å². The predicted molar refractivity (Wildman–Crippen MR) is 71.4 cm³/mol. The Hall–Kier alpha value is -1.76. The molecule has 0 aliphatic rings. The number of alkyl halides is 3. The highest BCUT2D eigenvalue weighted by atomic mass is 19.4. The van der Waals surface area contributed by atoms with Gasteiger partial charge in [-0.2, -0.15) is 13.2 Å². The largest absolute Gasteiger partial charge is 0.418 e. The van der Waals surface area contributed by atoms with E-state index in [0.717, 1.165) is 6.07 Å². The molecule has 0 aliphatic carbocycles. The molecule has 20 heavy (non-hydrogen) atoms. The highest BCUT2D eigenvalue weighted by Crippen LogP contribution is 2.34. The third-order valence-corrected chi connectivity index (χ3v) is 3.04. The standard InChI is InChI=1S/C13H18F3N3O/c1-9(7-8-17)19(2)12(20)18-11-6-4-3-5-10(11)13(14,15)16/h3-6,9H,7-8,17H2,1-2H3,(H,18,20). The van der Waals surface area contributed by atoms with Gasteiger partial charge in [0, 0.05) is 13.1 Å². The fourth-order valence-corrected chi connectivity index (χ4v) is 1.68. The number of rotatable bonds is 4. The normalized spacial score (nSPS) is 12.9. The number of hydrogen-bond acceptors (Lipinski definition) is 2.